The normalized spacial score (nSPS) is 21.2. The fourth-order valence-corrected chi connectivity index (χ4v) is 2.87. The molecule has 0 aromatic heterocycles. The van der Waals surface area contributed by atoms with Gasteiger partial charge in [0.2, 0.25) is 5.91 Å². The van der Waals surface area contributed by atoms with Crippen molar-refractivity contribution in [3.8, 4) is 5.75 Å². The SMILES string of the molecule is CCOc1ccc(S(=O)(=O)N/N=C\C2C(=O)NC(=O)NC2C)cc1. The van der Waals surface area contributed by atoms with Crippen molar-refractivity contribution in [1.29, 1.82) is 0 Å². The van der Waals surface area contributed by atoms with Crippen molar-refractivity contribution in [1.82, 2.24) is 15.5 Å². The van der Waals surface area contributed by atoms with Gasteiger partial charge in [0.1, 0.15) is 5.75 Å². The van der Waals surface area contributed by atoms with Crippen molar-refractivity contribution in [2.75, 3.05) is 6.61 Å². The molecule has 0 radical (unpaired) electrons. The van der Waals surface area contributed by atoms with Gasteiger partial charge in [-0.05, 0) is 38.1 Å². The molecule has 10 heteroatoms. The number of ether oxygens (including phenoxy) is 1. The van der Waals surface area contributed by atoms with Crippen LogP contribution in [0.15, 0.2) is 34.3 Å². The molecular formula is C14H18N4O5S. The van der Waals surface area contributed by atoms with E-state index >= 15 is 0 Å². The summed E-state index contributed by atoms with van der Waals surface area (Å²) in [7, 11) is -3.86. The summed E-state index contributed by atoms with van der Waals surface area (Å²) >= 11 is 0. The van der Waals surface area contributed by atoms with Gasteiger partial charge in [0.25, 0.3) is 10.0 Å². The first-order chi connectivity index (χ1) is 11.3. The number of sulfonamides is 1. The van der Waals surface area contributed by atoms with Crippen molar-refractivity contribution in [2.24, 2.45) is 11.0 Å². The lowest BCUT2D eigenvalue weighted by molar-refractivity contribution is -0.123. The molecule has 1 aliphatic heterocycles. The summed E-state index contributed by atoms with van der Waals surface area (Å²) < 4.78 is 29.5. The predicted octanol–water partition coefficient (Wildman–Crippen LogP) is 0.194. The summed E-state index contributed by atoms with van der Waals surface area (Å²) in [6.45, 7) is 3.92. The molecular weight excluding hydrogens is 336 g/mol. The van der Waals surface area contributed by atoms with E-state index in [-0.39, 0.29) is 4.90 Å². The number of amides is 3. The number of hydrogen-bond donors (Lipinski definition) is 3. The highest BCUT2D eigenvalue weighted by Gasteiger charge is 2.31. The summed E-state index contributed by atoms with van der Waals surface area (Å²) in [5.74, 6) is -0.760. The van der Waals surface area contributed by atoms with Crippen LogP contribution in [0.4, 0.5) is 4.79 Å². The number of urea groups is 1. The number of hydrogen-bond acceptors (Lipinski definition) is 6. The number of nitrogens with zero attached hydrogens (tertiary/aromatic N) is 1. The van der Waals surface area contributed by atoms with Gasteiger partial charge < -0.3 is 10.1 Å². The van der Waals surface area contributed by atoms with E-state index in [1.807, 2.05) is 11.8 Å². The Balaban J connectivity index is 2.04. The van der Waals surface area contributed by atoms with Gasteiger partial charge in [0.05, 0.1) is 17.4 Å². The molecule has 0 spiro atoms. The molecule has 130 valence electrons. The van der Waals surface area contributed by atoms with Gasteiger partial charge in [-0.25, -0.2) is 9.63 Å². The average molecular weight is 354 g/mol. The molecule has 1 saturated heterocycles. The van der Waals surface area contributed by atoms with E-state index < -0.39 is 33.9 Å². The second-order valence-electron chi connectivity index (χ2n) is 5.05. The van der Waals surface area contributed by atoms with E-state index in [1.165, 1.54) is 24.3 Å². The molecule has 24 heavy (non-hydrogen) atoms. The lowest BCUT2D eigenvalue weighted by atomic mass is 10.0. The van der Waals surface area contributed by atoms with Crippen LogP contribution in [0.25, 0.3) is 0 Å². The first-order valence-corrected chi connectivity index (χ1v) is 8.71. The Hall–Kier alpha value is -2.62. The smallest absolute Gasteiger partial charge is 0.321 e. The van der Waals surface area contributed by atoms with Gasteiger partial charge in [-0.2, -0.15) is 13.5 Å². The van der Waals surface area contributed by atoms with Gasteiger partial charge >= 0.3 is 6.03 Å². The van der Waals surface area contributed by atoms with E-state index in [4.69, 9.17) is 4.74 Å². The monoisotopic (exact) mass is 354 g/mol. The van der Waals surface area contributed by atoms with Crippen molar-refractivity contribution < 1.29 is 22.7 Å². The van der Waals surface area contributed by atoms with E-state index in [9.17, 15) is 18.0 Å². The molecule has 1 aromatic rings. The van der Waals surface area contributed by atoms with Crippen molar-refractivity contribution in [2.45, 2.75) is 24.8 Å². The largest absolute Gasteiger partial charge is 0.494 e. The molecule has 0 aliphatic carbocycles. The van der Waals surface area contributed by atoms with E-state index in [0.29, 0.717) is 12.4 Å². The average Bonchev–Trinajstić information content (AvgIpc) is 2.51. The van der Waals surface area contributed by atoms with Crippen LogP contribution in [0, 0.1) is 5.92 Å². The van der Waals surface area contributed by atoms with Gasteiger partial charge in [-0.3, -0.25) is 10.1 Å². The van der Waals surface area contributed by atoms with E-state index in [1.54, 1.807) is 6.92 Å². The Kier molecular flexibility index (Phi) is 5.39. The number of benzene rings is 1. The first kappa shape index (κ1) is 17.7. The van der Waals surface area contributed by atoms with Crippen LogP contribution < -0.4 is 20.2 Å². The standard InChI is InChI=1S/C14H18N4O5S/c1-3-23-10-4-6-11(7-5-10)24(21,22)18-15-8-12-9(2)16-14(20)17-13(12)19/h4-9,12,18H,3H2,1-2H3,(H2,16,17,19,20)/b15-8-. The second-order valence-corrected chi connectivity index (χ2v) is 6.72. The van der Waals surface area contributed by atoms with Gasteiger partial charge in [0, 0.05) is 12.3 Å². The molecule has 2 rings (SSSR count). The Bertz CT molecular complexity index is 745. The van der Waals surface area contributed by atoms with Crippen LogP contribution in [0.3, 0.4) is 0 Å². The number of carbonyl (C=O) groups excluding carboxylic acids is 2. The van der Waals surface area contributed by atoms with Crippen LogP contribution in [-0.2, 0) is 14.8 Å². The van der Waals surface area contributed by atoms with Crippen molar-refractivity contribution in [3.05, 3.63) is 24.3 Å². The molecule has 0 bridgehead atoms. The molecule has 1 heterocycles. The molecule has 1 aliphatic rings. The topological polar surface area (TPSA) is 126 Å². The zero-order chi connectivity index (χ0) is 17.7. The molecule has 2 atom stereocenters. The summed E-state index contributed by atoms with van der Waals surface area (Å²) in [6, 6.07) is 4.76. The lowest BCUT2D eigenvalue weighted by Gasteiger charge is -2.25. The Morgan fingerprint density at radius 3 is 2.54 bits per heavy atom. The molecule has 1 aromatic carbocycles. The predicted molar refractivity (Wildman–Crippen MR) is 86.1 cm³/mol. The van der Waals surface area contributed by atoms with Gasteiger partial charge in [-0.15, -0.1) is 0 Å². The minimum absolute atomic E-state index is 0.0116. The van der Waals surface area contributed by atoms with Crippen LogP contribution in [0.1, 0.15) is 13.8 Å². The minimum atomic E-state index is -3.86. The van der Waals surface area contributed by atoms with Crippen LogP contribution in [0.5, 0.6) is 5.75 Å². The third-order valence-corrected chi connectivity index (χ3v) is 4.53. The summed E-state index contributed by atoms with van der Waals surface area (Å²) in [4.78, 5) is 24.8. The Labute approximate surface area is 139 Å². The highest BCUT2D eigenvalue weighted by Crippen LogP contribution is 2.15. The van der Waals surface area contributed by atoms with Gasteiger partial charge in [0.15, 0.2) is 0 Å². The van der Waals surface area contributed by atoms with Gasteiger partial charge in [-0.1, -0.05) is 0 Å². The third kappa shape index (κ3) is 4.22. The Morgan fingerprint density at radius 2 is 1.96 bits per heavy atom. The fraction of sp³-hybridized carbons (Fsp3) is 0.357. The maximum atomic E-state index is 12.1. The summed E-state index contributed by atoms with van der Waals surface area (Å²) in [6.07, 6.45) is 1.14. The highest BCUT2D eigenvalue weighted by atomic mass is 32.2. The minimum Gasteiger partial charge on any atom is -0.494 e. The molecule has 3 N–H and O–H groups in total. The number of rotatable bonds is 6. The first-order valence-electron chi connectivity index (χ1n) is 7.22. The van der Waals surface area contributed by atoms with E-state index in [2.05, 4.69) is 15.7 Å². The number of hydrazone groups is 1. The van der Waals surface area contributed by atoms with Crippen LogP contribution in [-0.4, -0.2) is 39.2 Å². The van der Waals surface area contributed by atoms with Crippen molar-refractivity contribution >= 4 is 28.2 Å². The van der Waals surface area contributed by atoms with Crippen LogP contribution >= 0.6 is 0 Å². The third-order valence-electron chi connectivity index (χ3n) is 3.29. The maximum absolute atomic E-state index is 12.1. The fourth-order valence-electron chi connectivity index (χ4n) is 2.07. The number of nitrogens with one attached hydrogen (secondary N) is 3. The summed E-state index contributed by atoms with van der Waals surface area (Å²) in [5, 5.41) is 8.21. The quantitative estimate of drug-likeness (QED) is 0.497. The number of carbonyl (C=O) groups is 2. The molecule has 3 amide bonds. The molecule has 1 fully saturated rings. The zero-order valence-electron chi connectivity index (χ0n) is 13.1. The Morgan fingerprint density at radius 1 is 1.29 bits per heavy atom. The van der Waals surface area contributed by atoms with Crippen molar-refractivity contribution in [3.63, 3.8) is 0 Å². The highest BCUT2D eigenvalue weighted by molar-refractivity contribution is 7.89. The lowest BCUT2D eigenvalue weighted by Crippen LogP contribution is -2.57. The van der Waals surface area contributed by atoms with Crippen LogP contribution in [0.2, 0.25) is 0 Å². The molecule has 0 saturated carbocycles. The number of imide groups is 1. The summed E-state index contributed by atoms with van der Waals surface area (Å²) in [5.41, 5.74) is 0. The zero-order valence-corrected chi connectivity index (χ0v) is 14.0. The maximum Gasteiger partial charge on any atom is 0.321 e. The second kappa shape index (κ2) is 7.30. The molecule has 9 nitrogen and oxygen atoms in total. The van der Waals surface area contributed by atoms with E-state index in [0.717, 1.165) is 6.21 Å². The molecule has 2 unspecified atom stereocenters.